The van der Waals surface area contributed by atoms with Gasteiger partial charge in [0.05, 0.1) is 0 Å². The molecule has 1 aliphatic heterocycles. The molecular weight excluding hydrogens is 278 g/mol. The molecule has 1 nitrogen and oxygen atoms in total. The molecule has 0 spiro atoms. The minimum absolute atomic E-state index is 0.938. The van der Waals surface area contributed by atoms with Crippen LogP contribution in [0.2, 0.25) is 5.02 Å². The van der Waals surface area contributed by atoms with Gasteiger partial charge in [0.1, 0.15) is 0 Å². The highest BCUT2D eigenvalue weighted by Crippen LogP contribution is 2.31. The molecule has 1 heterocycles. The van der Waals surface area contributed by atoms with E-state index in [4.69, 9.17) is 11.6 Å². The molecule has 0 bridgehead atoms. The van der Waals surface area contributed by atoms with Gasteiger partial charge in [0.2, 0.25) is 0 Å². The van der Waals surface area contributed by atoms with Crippen molar-refractivity contribution in [2.75, 3.05) is 0 Å². The van der Waals surface area contributed by atoms with Gasteiger partial charge in [-0.2, -0.15) is 0 Å². The zero-order chi connectivity index (χ0) is 14.8. The fraction of sp³-hybridized carbons (Fsp3) is 0.368. The second-order valence-corrected chi connectivity index (χ2v) is 6.29. The van der Waals surface area contributed by atoms with Gasteiger partial charge in [0, 0.05) is 24.7 Å². The third-order valence-electron chi connectivity index (χ3n) is 4.37. The Balaban J connectivity index is 1.73. The fourth-order valence-electron chi connectivity index (χ4n) is 3.05. The first-order chi connectivity index (χ1) is 10.2. The van der Waals surface area contributed by atoms with Crippen molar-refractivity contribution < 1.29 is 0 Å². The molecule has 21 heavy (non-hydrogen) atoms. The van der Waals surface area contributed by atoms with Crippen molar-refractivity contribution in [2.45, 2.75) is 46.3 Å². The summed E-state index contributed by atoms with van der Waals surface area (Å²) < 4.78 is 0. The first kappa shape index (κ1) is 14.6. The third-order valence-corrected chi connectivity index (χ3v) is 4.71. The predicted octanol–water partition coefficient (Wildman–Crippen LogP) is 4.98. The van der Waals surface area contributed by atoms with Gasteiger partial charge in [-0.1, -0.05) is 55.8 Å². The Morgan fingerprint density at radius 2 is 1.57 bits per heavy atom. The highest BCUT2D eigenvalue weighted by molar-refractivity contribution is 6.31. The Hall–Kier alpha value is -1.31. The molecule has 0 saturated heterocycles. The number of hydrogen-bond acceptors (Lipinski definition) is 1. The van der Waals surface area contributed by atoms with Crippen LogP contribution in [-0.4, -0.2) is 4.90 Å². The Morgan fingerprint density at radius 3 is 2.24 bits per heavy atom. The summed E-state index contributed by atoms with van der Waals surface area (Å²) in [7, 11) is 0. The maximum absolute atomic E-state index is 6.43. The lowest BCUT2D eigenvalue weighted by molar-refractivity contribution is 0.275. The van der Waals surface area contributed by atoms with Gasteiger partial charge in [-0.15, -0.1) is 0 Å². The molecule has 3 rings (SSSR count). The number of nitrogens with zero attached hydrogens (tertiary/aromatic N) is 1. The van der Waals surface area contributed by atoms with Crippen LogP contribution in [0.4, 0.5) is 0 Å². The van der Waals surface area contributed by atoms with E-state index in [0.29, 0.717) is 0 Å². The van der Waals surface area contributed by atoms with Crippen molar-refractivity contribution in [2.24, 2.45) is 0 Å². The molecule has 2 aromatic rings. The monoisotopic (exact) mass is 299 g/mol. The number of halogens is 1. The first-order valence-corrected chi connectivity index (χ1v) is 8.17. The molecule has 0 unspecified atom stereocenters. The molecule has 0 radical (unpaired) electrons. The lowest BCUT2D eigenvalue weighted by atomic mass is 10.1. The van der Waals surface area contributed by atoms with Gasteiger partial charge in [-0.3, -0.25) is 4.90 Å². The van der Waals surface area contributed by atoms with E-state index in [1.807, 2.05) is 0 Å². The molecular formula is C19H22ClN. The normalized spacial score (nSPS) is 14.4. The van der Waals surface area contributed by atoms with E-state index >= 15 is 0 Å². The number of benzene rings is 2. The van der Waals surface area contributed by atoms with Crippen LogP contribution < -0.4 is 0 Å². The van der Waals surface area contributed by atoms with Crippen LogP contribution in [0.1, 0.15) is 41.7 Å². The van der Waals surface area contributed by atoms with Crippen LogP contribution in [0.15, 0.2) is 36.4 Å². The SMILES string of the molecule is CCc1ccc(CN2Cc3cc(CC)cc(Cl)c3C2)cc1. The van der Waals surface area contributed by atoms with E-state index in [1.165, 1.54) is 27.8 Å². The summed E-state index contributed by atoms with van der Waals surface area (Å²) >= 11 is 6.43. The molecule has 0 aromatic heterocycles. The Labute approximate surface area is 132 Å². The Morgan fingerprint density at radius 1 is 0.905 bits per heavy atom. The minimum Gasteiger partial charge on any atom is -0.291 e. The highest BCUT2D eigenvalue weighted by atomic mass is 35.5. The van der Waals surface area contributed by atoms with Crippen molar-refractivity contribution in [3.8, 4) is 0 Å². The second-order valence-electron chi connectivity index (χ2n) is 5.88. The Bertz CT molecular complexity index is 631. The van der Waals surface area contributed by atoms with Gasteiger partial charge < -0.3 is 0 Å². The lowest BCUT2D eigenvalue weighted by Gasteiger charge is -2.15. The van der Waals surface area contributed by atoms with Gasteiger partial charge in [0.15, 0.2) is 0 Å². The largest absolute Gasteiger partial charge is 0.291 e. The summed E-state index contributed by atoms with van der Waals surface area (Å²) in [5.41, 5.74) is 6.85. The van der Waals surface area contributed by atoms with Crippen molar-refractivity contribution in [1.82, 2.24) is 4.90 Å². The molecule has 0 fully saturated rings. The lowest BCUT2D eigenvalue weighted by Crippen LogP contribution is -2.15. The standard InChI is InChI=1S/C19H22ClN/c1-3-14-5-7-16(8-6-14)11-21-12-17-9-15(4-2)10-19(20)18(17)13-21/h5-10H,3-4,11-13H2,1-2H3. The van der Waals surface area contributed by atoms with E-state index in [0.717, 1.165) is 37.5 Å². The molecule has 2 heteroatoms. The topological polar surface area (TPSA) is 3.24 Å². The number of fused-ring (bicyclic) bond motifs is 1. The van der Waals surface area contributed by atoms with E-state index in [9.17, 15) is 0 Å². The second kappa shape index (κ2) is 6.21. The summed E-state index contributed by atoms with van der Waals surface area (Å²) in [6.07, 6.45) is 2.15. The third kappa shape index (κ3) is 3.14. The van der Waals surface area contributed by atoms with Gasteiger partial charge in [-0.05, 0) is 46.7 Å². The van der Waals surface area contributed by atoms with Crippen molar-refractivity contribution in [1.29, 1.82) is 0 Å². The number of hydrogen-bond donors (Lipinski definition) is 0. The Kier molecular flexibility index (Phi) is 4.32. The molecule has 0 saturated carbocycles. The smallest absolute Gasteiger partial charge is 0.0457 e. The summed E-state index contributed by atoms with van der Waals surface area (Å²) in [6, 6.07) is 13.4. The maximum atomic E-state index is 6.43. The van der Waals surface area contributed by atoms with E-state index < -0.39 is 0 Å². The van der Waals surface area contributed by atoms with Crippen molar-refractivity contribution in [3.05, 3.63) is 69.2 Å². The quantitative estimate of drug-likeness (QED) is 0.769. The van der Waals surface area contributed by atoms with E-state index in [2.05, 4.69) is 55.1 Å². The van der Waals surface area contributed by atoms with Crippen LogP contribution >= 0.6 is 11.6 Å². The molecule has 0 aliphatic carbocycles. The van der Waals surface area contributed by atoms with Crippen LogP contribution in [0.5, 0.6) is 0 Å². The molecule has 0 amide bonds. The average Bonchev–Trinajstić information content (AvgIpc) is 2.91. The van der Waals surface area contributed by atoms with Gasteiger partial charge in [0.25, 0.3) is 0 Å². The zero-order valence-electron chi connectivity index (χ0n) is 12.8. The number of rotatable bonds is 4. The number of aryl methyl sites for hydroxylation is 2. The first-order valence-electron chi connectivity index (χ1n) is 7.80. The highest BCUT2D eigenvalue weighted by Gasteiger charge is 2.21. The van der Waals surface area contributed by atoms with E-state index in [1.54, 1.807) is 0 Å². The molecule has 110 valence electrons. The van der Waals surface area contributed by atoms with Crippen molar-refractivity contribution in [3.63, 3.8) is 0 Å². The molecule has 1 aliphatic rings. The molecule has 0 N–H and O–H groups in total. The predicted molar refractivity (Wildman–Crippen MR) is 89.6 cm³/mol. The van der Waals surface area contributed by atoms with Crippen LogP contribution in [0.3, 0.4) is 0 Å². The van der Waals surface area contributed by atoms with Crippen molar-refractivity contribution >= 4 is 11.6 Å². The maximum Gasteiger partial charge on any atom is 0.0457 e. The van der Waals surface area contributed by atoms with Crippen LogP contribution in [0, 0.1) is 0 Å². The molecule has 0 atom stereocenters. The van der Waals surface area contributed by atoms with Gasteiger partial charge >= 0.3 is 0 Å². The summed E-state index contributed by atoms with van der Waals surface area (Å²) in [4.78, 5) is 2.47. The summed E-state index contributed by atoms with van der Waals surface area (Å²) in [5, 5.41) is 0.938. The zero-order valence-corrected chi connectivity index (χ0v) is 13.6. The average molecular weight is 300 g/mol. The fourth-order valence-corrected chi connectivity index (χ4v) is 3.37. The van der Waals surface area contributed by atoms with Crippen LogP contribution in [-0.2, 0) is 32.5 Å². The molecule has 2 aromatic carbocycles. The van der Waals surface area contributed by atoms with Crippen LogP contribution in [0.25, 0.3) is 0 Å². The minimum atomic E-state index is 0.938. The van der Waals surface area contributed by atoms with E-state index in [-0.39, 0.29) is 0 Å². The summed E-state index contributed by atoms with van der Waals surface area (Å²) in [5.74, 6) is 0. The van der Waals surface area contributed by atoms with Gasteiger partial charge in [-0.25, -0.2) is 0 Å². The summed E-state index contributed by atoms with van der Waals surface area (Å²) in [6.45, 7) is 7.35.